The molecule has 0 aliphatic heterocycles. The van der Waals surface area contributed by atoms with Crippen molar-refractivity contribution < 1.29 is 13.2 Å². The highest BCUT2D eigenvalue weighted by Gasteiger charge is 2.30. The van der Waals surface area contributed by atoms with Gasteiger partial charge >= 0.3 is 6.18 Å². The molecule has 1 aliphatic carbocycles. The molecule has 0 atom stereocenters. The highest BCUT2D eigenvalue weighted by Crippen LogP contribution is 2.25. The average Bonchev–Trinajstić information content (AvgIpc) is 2.10. The molecular weight excluding hydrogens is 203 g/mol. The van der Waals surface area contributed by atoms with Gasteiger partial charge in [0.1, 0.15) is 0 Å². The minimum absolute atomic E-state index is 0.574. The number of allylic oxidation sites excluding steroid dienone is 3. The van der Waals surface area contributed by atoms with Gasteiger partial charge in [-0.1, -0.05) is 38.8 Å². The maximum absolute atomic E-state index is 11.7. The van der Waals surface area contributed by atoms with Gasteiger partial charge in [0.15, 0.2) is 0 Å². The van der Waals surface area contributed by atoms with E-state index in [1.165, 1.54) is 19.3 Å². The topological polar surface area (TPSA) is 23.9 Å². The normalized spacial score (nSPS) is 17.2. The smallest absolute Gasteiger partial charge is 0.309 e. The predicted molar refractivity (Wildman–Crippen MR) is 56.1 cm³/mol. The fourth-order valence-corrected chi connectivity index (χ4v) is 0.980. The van der Waals surface area contributed by atoms with E-state index in [9.17, 15) is 13.2 Å². The third-order valence-electron chi connectivity index (χ3n) is 2.20. The van der Waals surface area contributed by atoms with E-state index in [2.05, 4.69) is 13.5 Å². The van der Waals surface area contributed by atoms with Gasteiger partial charge < -0.3 is 5.41 Å². The number of nitrogens with one attached hydrogen (secondary N) is 1. The molecule has 0 bridgehead atoms. The zero-order chi connectivity index (χ0) is 11.9. The van der Waals surface area contributed by atoms with Gasteiger partial charge in [-0.05, 0) is 12.0 Å². The Bertz CT molecular complexity index is 237. The van der Waals surface area contributed by atoms with Gasteiger partial charge in [-0.3, -0.25) is 0 Å². The van der Waals surface area contributed by atoms with E-state index in [1.54, 1.807) is 0 Å². The van der Waals surface area contributed by atoms with Crippen LogP contribution in [-0.2, 0) is 0 Å². The minimum Gasteiger partial charge on any atom is -0.309 e. The van der Waals surface area contributed by atoms with Gasteiger partial charge in [-0.15, -0.1) is 0 Å². The molecule has 1 nitrogen and oxygen atoms in total. The van der Waals surface area contributed by atoms with E-state index in [4.69, 9.17) is 5.41 Å². The first-order chi connectivity index (χ1) is 6.91. The molecule has 1 rings (SSSR count). The summed E-state index contributed by atoms with van der Waals surface area (Å²) in [5, 5.41) is 6.37. The standard InChI is InChI=1S/C6H6F3N.C5H10/c1-2-5(3-4-10)6(7,8)9;1-5-3-2-4-5/h2-4,10H,1H2;5H,2-4H2,1H3/b5-3+,10-4?;. The molecule has 1 aliphatic rings. The van der Waals surface area contributed by atoms with Crippen LogP contribution >= 0.6 is 0 Å². The third kappa shape index (κ3) is 6.10. The molecule has 0 unspecified atom stereocenters. The summed E-state index contributed by atoms with van der Waals surface area (Å²) in [4.78, 5) is 0. The minimum atomic E-state index is -4.39. The van der Waals surface area contributed by atoms with Crippen molar-refractivity contribution in [2.24, 2.45) is 5.92 Å². The summed E-state index contributed by atoms with van der Waals surface area (Å²) in [5.41, 5.74) is -0.900. The van der Waals surface area contributed by atoms with E-state index in [-0.39, 0.29) is 0 Å². The molecule has 15 heavy (non-hydrogen) atoms. The lowest BCUT2D eigenvalue weighted by atomic mass is 9.88. The molecule has 0 spiro atoms. The van der Waals surface area contributed by atoms with Crippen LogP contribution in [-0.4, -0.2) is 12.4 Å². The van der Waals surface area contributed by atoms with Crippen LogP contribution in [0.3, 0.4) is 0 Å². The summed E-state index contributed by atoms with van der Waals surface area (Å²) in [5.74, 6) is 1.06. The van der Waals surface area contributed by atoms with Crippen molar-refractivity contribution >= 4 is 6.21 Å². The molecular formula is C11H16F3N. The lowest BCUT2D eigenvalue weighted by molar-refractivity contribution is -0.0880. The first-order valence-corrected chi connectivity index (χ1v) is 4.82. The molecule has 1 saturated carbocycles. The van der Waals surface area contributed by atoms with E-state index in [0.29, 0.717) is 18.4 Å². The van der Waals surface area contributed by atoms with Crippen LogP contribution in [0.1, 0.15) is 26.2 Å². The van der Waals surface area contributed by atoms with Crippen molar-refractivity contribution in [3.63, 3.8) is 0 Å². The van der Waals surface area contributed by atoms with Crippen LogP contribution < -0.4 is 0 Å². The van der Waals surface area contributed by atoms with Crippen LogP contribution in [0.2, 0.25) is 0 Å². The number of hydrogen-bond donors (Lipinski definition) is 1. The SMILES string of the molecule is C=C/C(=C\C=N)C(F)(F)F.CC1CCC1. The molecule has 86 valence electrons. The second-order valence-corrected chi connectivity index (χ2v) is 3.53. The van der Waals surface area contributed by atoms with Crippen LogP contribution in [0.5, 0.6) is 0 Å². The fraction of sp³-hybridized carbons (Fsp3) is 0.545. The van der Waals surface area contributed by atoms with Crippen molar-refractivity contribution in [3.8, 4) is 0 Å². The molecule has 0 aromatic rings. The van der Waals surface area contributed by atoms with Gasteiger partial charge in [-0.2, -0.15) is 13.2 Å². The largest absolute Gasteiger partial charge is 0.416 e. The number of halogens is 3. The first kappa shape index (κ1) is 13.9. The van der Waals surface area contributed by atoms with Crippen molar-refractivity contribution in [3.05, 3.63) is 24.3 Å². The van der Waals surface area contributed by atoms with Crippen molar-refractivity contribution in [2.75, 3.05) is 0 Å². The second kappa shape index (κ2) is 6.43. The van der Waals surface area contributed by atoms with Gasteiger partial charge in [0.2, 0.25) is 0 Å². The zero-order valence-corrected chi connectivity index (χ0v) is 8.77. The molecule has 0 heterocycles. The molecule has 0 aromatic carbocycles. The Kier molecular flexibility index (Phi) is 5.97. The zero-order valence-electron chi connectivity index (χ0n) is 8.77. The predicted octanol–water partition coefficient (Wildman–Crippen LogP) is 4.12. The molecule has 1 N–H and O–H groups in total. The maximum Gasteiger partial charge on any atom is 0.416 e. The summed E-state index contributed by atoms with van der Waals surface area (Å²) in [6, 6.07) is 0. The Morgan fingerprint density at radius 3 is 1.93 bits per heavy atom. The van der Waals surface area contributed by atoms with Crippen molar-refractivity contribution in [1.82, 2.24) is 0 Å². The molecule has 0 saturated heterocycles. The Morgan fingerprint density at radius 2 is 1.87 bits per heavy atom. The Balaban J connectivity index is 0.000000322. The second-order valence-electron chi connectivity index (χ2n) is 3.53. The van der Waals surface area contributed by atoms with Crippen LogP contribution in [0.15, 0.2) is 24.3 Å². The van der Waals surface area contributed by atoms with Gasteiger partial charge in [0.05, 0.1) is 5.57 Å². The molecule has 1 fully saturated rings. The highest BCUT2D eigenvalue weighted by molar-refractivity contribution is 5.70. The summed E-state index contributed by atoms with van der Waals surface area (Å²) in [7, 11) is 0. The average molecular weight is 219 g/mol. The Labute approximate surface area is 88.2 Å². The summed E-state index contributed by atoms with van der Waals surface area (Å²) in [6.45, 7) is 5.26. The molecule has 4 heteroatoms. The maximum atomic E-state index is 11.7. The lowest BCUT2D eigenvalue weighted by Gasteiger charge is -2.18. The van der Waals surface area contributed by atoms with Gasteiger partial charge in [0.25, 0.3) is 0 Å². The first-order valence-electron chi connectivity index (χ1n) is 4.82. The fourth-order valence-electron chi connectivity index (χ4n) is 0.980. The monoisotopic (exact) mass is 219 g/mol. The van der Waals surface area contributed by atoms with Crippen molar-refractivity contribution in [1.29, 1.82) is 5.41 Å². The summed E-state index contributed by atoms with van der Waals surface area (Å²) < 4.78 is 35.0. The van der Waals surface area contributed by atoms with Crippen LogP contribution in [0, 0.1) is 11.3 Å². The van der Waals surface area contributed by atoms with Gasteiger partial charge in [-0.25, -0.2) is 0 Å². The molecule has 0 aromatic heterocycles. The number of rotatable bonds is 2. The van der Waals surface area contributed by atoms with E-state index in [1.807, 2.05) is 0 Å². The Morgan fingerprint density at radius 1 is 1.40 bits per heavy atom. The summed E-state index contributed by atoms with van der Waals surface area (Å²) in [6.07, 6.45) is 1.96. The molecule has 0 amide bonds. The van der Waals surface area contributed by atoms with Crippen LogP contribution in [0.25, 0.3) is 0 Å². The Hall–Kier alpha value is -1.06. The summed E-state index contributed by atoms with van der Waals surface area (Å²) >= 11 is 0. The van der Waals surface area contributed by atoms with Gasteiger partial charge in [0, 0.05) is 6.21 Å². The van der Waals surface area contributed by atoms with E-state index in [0.717, 1.165) is 5.92 Å². The number of alkyl halides is 3. The van der Waals surface area contributed by atoms with E-state index < -0.39 is 11.7 Å². The van der Waals surface area contributed by atoms with E-state index >= 15 is 0 Å². The highest BCUT2D eigenvalue weighted by atomic mass is 19.4. The molecule has 0 radical (unpaired) electrons. The quantitative estimate of drug-likeness (QED) is 0.533. The third-order valence-corrected chi connectivity index (χ3v) is 2.20. The lowest BCUT2D eigenvalue weighted by Crippen LogP contribution is -2.09. The number of hydrogen-bond acceptors (Lipinski definition) is 1. The van der Waals surface area contributed by atoms with Crippen molar-refractivity contribution in [2.45, 2.75) is 32.4 Å². The van der Waals surface area contributed by atoms with Crippen LogP contribution in [0.4, 0.5) is 13.2 Å².